The zero-order valence-corrected chi connectivity index (χ0v) is 13.6. The van der Waals surface area contributed by atoms with E-state index in [4.69, 9.17) is 0 Å². The highest BCUT2D eigenvalue weighted by molar-refractivity contribution is 7.99. The monoisotopic (exact) mass is 317 g/mol. The number of carbonyl (C=O) groups excluding carboxylic acids is 1. The number of carbonyl (C=O) groups is 1. The van der Waals surface area contributed by atoms with Gasteiger partial charge in [0.25, 0.3) is 0 Å². The van der Waals surface area contributed by atoms with Crippen molar-refractivity contribution in [3.63, 3.8) is 0 Å². The van der Waals surface area contributed by atoms with Gasteiger partial charge in [-0.3, -0.25) is 4.79 Å². The van der Waals surface area contributed by atoms with Crippen LogP contribution in [0.25, 0.3) is 0 Å². The molecule has 1 heterocycles. The van der Waals surface area contributed by atoms with Crippen LogP contribution in [-0.2, 0) is 12.2 Å². The van der Waals surface area contributed by atoms with Crippen molar-refractivity contribution >= 4 is 28.9 Å². The summed E-state index contributed by atoms with van der Waals surface area (Å²) in [5.41, 5.74) is 1.68. The van der Waals surface area contributed by atoms with Crippen LogP contribution in [0.4, 0.5) is 0 Å². The molecular weight excluding hydrogens is 298 g/mol. The summed E-state index contributed by atoms with van der Waals surface area (Å²) in [7, 11) is 0. The zero-order chi connectivity index (χ0) is 14.5. The molecule has 2 aromatic rings. The van der Waals surface area contributed by atoms with E-state index in [2.05, 4.69) is 4.98 Å². The molecule has 0 N–H and O–H groups in total. The molecule has 0 spiro atoms. The van der Waals surface area contributed by atoms with Gasteiger partial charge in [0, 0.05) is 21.9 Å². The SMILES string of the molecule is O=C(Cc1csc(CSC2CCCC2)n1)c1ccccc1. The number of benzene rings is 1. The number of thiazole rings is 1. The van der Waals surface area contributed by atoms with E-state index in [-0.39, 0.29) is 5.78 Å². The molecule has 0 amide bonds. The average Bonchev–Trinajstić information content (AvgIpc) is 3.17. The van der Waals surface area contributed by atoms with Crippen molar-refractivity contribution in [2.75, 3.05) is 0 Å². The van der Waals surface area contributed by atoms with Crippen LogP contribution < -0.4 is 0 Å². The first-order valence-electron chi connectivity index (χ1n) is 7.44. The van der Waals surface area contributed by atoms with Crippen LogP contribution in [-0.4, -0.2) is 16.0 Å². The number of hydrogen-bond acceptors (Lipinski definition) is 4. The average molecular weight is 317 g/mol. The van der Waals surface area contributed by atoms with Gasteiger partial charge in [0.1, 0.15) is 5.01 Å². The van der Waals surface area contributed by atoms with Crippen molar-refractivity contribution in [1.29, 1.82) is 0 Å². The molecule has 0 unspecified atom stereocenters. The summed E-state index contributed by atoms with van der Waals surface area (Å²) in [6.45, 7) is 0. The normalized spacial score (nSPS) is 15.4. The maximum Gasteiger partial charge on any atom is 0.168 e. The lowest BCUT2D eigenvalue weighted by Gasteiger charge is -2.05. The molecule has 1 aromatic carbocycles. The van der Waals surface area contributed by atoms with Crippen LogP contribution >= 0.6 is 23.1 Å². The maximum atomic E-state index is 12.1. The van der Waals surface area contributed by atoms with Crippen LogP contribution in [0.5, 0.6) is 0 Å². The van der Waals surface area contributed by atoms with Gasteiger partial charge in [0.2, 0.25) is 0 Å². The molecule has 0 bridgehead atoms. The topological polar surface area (TPSA) is 30.0 Å². The van der Waals surface area contributed by atoms with E-state index in [1.807, 2.05) is 47.5 Å². The van der Waals surface area contributed by atoms with E-state index in [1.54, 1.807) is 11.3 Å². The molecule has 1 saturated carbocycles. The Morgan fingerprint density at radius 2 is 2.00 bits per heavy atom. The Bertz CT molecular complexity index is 588. The van der Waals surface area contributed by atoms with Crippen LogP contribution in [0.2, 0.25) is 0 Å². The van der Waals surface area contributed by atoms with Gasteiger partial charge >= 0.3 is 0 Å². The van der Waals surface area contributed by atoms with E-state index in [9.17, 15) is 4.79 Å². The van der Waals surface area contributed by atoms with Gasteiger partial charge in [-0.25, -0.2) is 4.98 Å². The smallest absolute Gasteiger partial charge is 0.168 e. The third kappa shape index (κ3) is 4.17. The van der Waals surface area contributed by atoms with Gasteiger partial charge in [-0.1, -0.05) is 43.2 Å². The van der Waals surface area contributed by atoms with Crippen molar-refractivity contribution < 1.29 is 4.79 Å². The first kappa shape index (κ1) is 14.8. The predicted octanol–water partition coefficient (Wildman–Crippen LogP) is 4.74. The quantitative estimate of drug-likeness (QED) is 0.721. The maximum absolute atomic E-state index is 12.1. The second-order valence-corrected chi connectivity index (χ2v) is 7.65. The Balaban J connectivity index is 1.53. The van der Waals surface area contributed by atoms with Crippen LogP contribution in [0, 0.1) is 0 Å². The lowest BCUT2D eigenvalue weighted by Crippen LogP contribution is -2.03. The Kier molecular flexibility index (Phi) is 5.09. The number of hydrogen-bond donors (Lipinski definition) is 0. The summed E-state index contributed by atoms with van der Waals surface area (Å²) in [6.07, 6.45) is 5.89. The van der Waals surface area contributed by atoms with E-state index < -0.39 is 0 Å². The standard InChI is InChI=1S/C17H19NOS2/c19-16(13-6-2-1-3-7-13)10-14-11-21-17(18-14)12-20-15-8-4-5-9-15/h1-3,6-7,11,15H,4-5,8-10,12H2. The van der Waals surface area contributed by atoms with Gasteiger partial charge in [0.15, 0.2) is 5.78 Å². The summed E-state index contributed by atoms with van der Waals surface area (Å²) in [4.78, 5) is 16.8. The Morgan fingerprint density at radius 1 is 1.24 bits per heavy atom. The van der Waals surface area contributed by atoms with Crippen LogP contribution in [0.3, 0.4) is 0 Å². The second kappa shape index (κ2) is 7.23. The Morgan fingerprint density at radius 3 is 2.76 bits per heavy atom. The van der Waals surface area contributed by atoms with E-state index in [1.165, 1.54) is 25.7 Å². The number of nitrogens with zero attached hydrogens (tertiary/aromatic N) is 1. The van der Waals surface area contributed by atoms with Gasteiger partial charge in [-0.2, -0.15) is 11.8 Å². The summed E-state index contributed by atoms with van der Waals surface area (Å²) in [6, 6.07) is 9.46. The van der Waals surface area contributed by atoms with Crippen molar-refractivity contribution in [3.05, 3.63) is 52.0 Å². The Hall–Kier alpha value is -1.13. The molecule has 110 valence electrons. The highest BCUT2D eigenvalue weighted by Crippen LogP contribution is 2.32. The molecule has 21 heavy (non-hydrogen) atoms. The first-order valence-corrected chi connectivity index (χ1v) is 9.37. The summed E-state index contributed by atoms with van der Waals surface area (Å²) in [5, 5.41) is 4.01. The number of thioether (sulfide) groups is 1. The highest BCUT2D eigenvalue weighted by Gasteiger charge is 2.16. The fourth-order valence-corrected chi connectivity index (χ4v) is 4.80. The lowest BCUT2D eigenvalue weighted by molar-refractivity contribution is 0.0992. The minimum atomic E-state index is 0.149. The van der Waals surface area contributed by atoms with Gasteiger partial charge in [-0.15, -0.1) is 11.3 Å². The van der Waals surface area contributed by atoms with Gasteiger partial charge in [-0.05, 0) is 12.8 Å². The molecule has 0 radical (unpaired) electrons. The van der Waals surface area contributed by atoms with E-state index in [0.717, 1.165) is 27.3 Å². The molecular formula is C17H19NOS2. The first-order chi connectivity index (χ1) is 10.3. The number of rotatable bonds is 6. The van der Waals surface area contributed by atoms with Gasteiger partial charge in [0.05, 0.1) is 12.1 Å². The number of ketones is 1. The fraction of sp³-hybridized carbons (Fsp3) is 0.412. The summed E-state index contributed by atoms with van der Waals surface area (Å²) in [5.74, 6) is 1.14. The minimum Gasteiger partial charge on any atom is -0.294 e. The molecule has 1 aromatic heterocycles. The molecule has 1 aliphatic carbocycles. The van der Waals surface area contributed by atoms with Crippen LogP contribution in [0.1, 0.15) is 46.7 Å². The lowest BCUT2D eigenvalue weighted by atomic mass is 10.1. The molecule has 1 aliphatic rings. The van der Waals surface area contributed by atoms with Crippen LogP contribution in [0.15, 0.2) is 35.7 Å². The summed E-state index contributed by atoms with van der Waals surface area (Å²) < 4.78 is 0. The number of Topliss-reactive ketones (excluding diaryl/α,β-unsaturated/α-hetero) is 1. The predicted molar refractivity (Wildman–Crippen MR) is 90.1 cm³/mol. The minimum absolute atomic E-state index is 0.149. The second-order valence-electron chi connectivity index (χ2n) is 5.42. The molecule has 1 fully saturated rings. The molecule has 0 saturated heterocycles. The van der Waals surface area contributed by atoms with Gasteiger partial charge < -0.3 is 0 Å². The molecule has 3 rings (SSSR count). The third-order valence-corrected chi connectivity index (χ3v) is 6.24. The largest absolute Gasteiger partial charge is 0.294 e. The van der Waals surface area contributed by atoms with Crippen molar-refractivity contribution in [3.8, 4) is 0 Å². The fourth-order valence-electron chi connectivity index (χ4n) is 2.63. The van der Waals surface area contributed by atoms with E-state index in [0.29, 0.717) is 6.42 Å². The third-order valence-electron chi connectivity index (χ3n) is 3.78. The summed E-state index contributed by atoms with van der Waals surface area (Å²) >= 11 is 3.71. The molecule has 0 atom stereocenters. The van der Waals surface area contributed by atoms with E-state index >= 15 is 0 Å². The van der Waals surface area contributed by atoms with Crippen molar-refractivity contribution in [1.82, 2.24) is 4.98 Å². The van der Waals surface area contributed by atoms with Crippen molar-refractivity contribution in [2.24, 2.45) is 0 Å². The Labute approximate surface area is 134 Å². The highest BCUT2D eigenvalue weighted by atomic mass is 32.2. The molecule has 2 nitrogen and oxygen atoms in total. The van der Waals surface area contributed by atoms with Crippen molar-refractivity contribution in [2.45, 2.75) is 43.1 Å². The number of aromatic nitrogens is 1. The molecule has 0 aliphatic heterocycles. The molecule has 4 heteroatoms. The zero-order valence-electron chi connectivity index (χ0n) is 12.0.